The molecular formula is C10H19BrN6O. The van der Waals surface area contributed by atoms with Crippen molar-refractivity contribution in [3.05, 3.63) is 16.9 Å². The first-order valence-corrected chi connectivity index (χ1v) is 6.63. The van der Waals surface area contributed by atoms with Gasteiger partial charge in [-0.2, -0.15) is 5.10 Å². The normalized spacial score (nSPS) is 15.5. The second-order valence-electron chi connectivity index (χ2n) is 4.05. The molecule has 0 atom stereocenters. The van der Waals surface area contributed by atoms with Crippen LogP contribution in [-0.4, -0.2) is 15.8 Å². The number of hydrogen-bond acceptors (Lipinski definition) is 4. The van der Waals surface area contributed by atoms with Gasteiger partial charge >= 0.3 is 6.03 Å². The third-order valence-electron chi connectivity index (χ3n) is 2.78. The molecule has 7 nitrogen and oxygen atoms in total. The zero-order valence-corrected chi connectivity index (χ0v) is 11.7. The Labute approximate surface area is 114 Å². The number of rotatable bonds is 1. The maximum atomic E-state index is 9.71. The van der Waals surface area contributed by atoms with Gasteiger partial charge in [0.2, 0.25) is 0 Å². The topological polar surface area (TPSA) is 111 Å². The van der Waals surface area contributed by atoms with Crippen molar-refractivity contribution in [3.8, 4) is 0 Å². The number of nitrogens with one attached hydrogen (secondary N) is 2. The Kier molecular flexibility index (Phi) is 6.69. The fraction of sp³-hybridized carbons (Fsp3) is 0.600. The summed E-state index contributed by atoms with van der Waals surface area (Å²) in [5.74, 6) is 9.08. The van der Waals surface area contributed by atoms with Gasteiger partial charge in [-0.15, -0.1) is 0 Å². The standard InChI is InChI=1S/C9H13BrN2.CH6N4O/c10-8-6-11-12(7-8)9-4-2-1-3-5-9;2-4-1(6)5-3/h6-7,9H,1-5H2;2-3H2,(H2,4,5,6). The van der Waals surface area contributed by atoms with Crippen LogP contribution in [0.5, 0.6) is 0 Å². The van der Waals surface area contributed by atoms with E-state index >= 15 is 0 Å². The van der Waals surface area contributed by atoms with Crippen molar-refractivity contribution in [2.45, 2.75) is 38.1 Å². The number of amides is 2. The molecule has 0 aromatic carbocycles. The number of carbonyl (C=O) groups excluding carboxylic acids is 1. The summed E-state index contributed by atoms with van der Waals surface area (Å²) < 4.78 is 3.19. The number of nitrogens with zero attached hydrogens (tertiary/aromatic N) is 2. The number of hydrazine groups is 2. The van der Waals surface area contributed by atoms with Crippen LogP contribution in [0, 0.1) is 0 Å². The van der Waals surface area contributed by atoms with Crippen LogP contribution in [0.3, 0.4) is 0 Å². The second kappa shape index (κ2) is 8.06. The first kappa shape index (κ1) is 14.9. The van der Waals surface area contributed by atoms with Crippen molar-refractivity contribution >= 4 is 22.0 Å². The molecule has 0 unspecified atom stereocenters. The molecule has 8 heteroatoms. The monoisotopic (exact) mass is 318 g/mol. The van der Waals surface area contributed by atoms with E-state index in [-0.39, 0.29) is 0 Å². The molecule has 1 aromatic rings. The number of carbonyl (C=O) groups is 1. The number of nitrogens with two attached hydrogens (primary N) is 2. The van der Waals surface area contributed by atoms with E-state index in [9.17, 15) is 4.79 Å². The van der Waals surface area contributed by atoms with Gasteiger partial charge in [-0.05, 0) is 28.8 Å². The fourth-order valence-corrected chi connectivity index (χ4v) is 2.20. The zero-order valence-electron chi connectivity index (χ0n) is 10.1. The summed E-state index contributed by atoms with van der Waals surface area (Å²) in [6, 6.07) is 0.0556. The van der Waals surface area contributed by atoms with Crippen LogP contribution in [0.2, 0.25) is 0 Å². The minimum absolute atomic E-state index is 0.602. The van der Waals surface area contributed by atoms with Crippen molar-refractivity contribution in [2.24, 2.45) is 11.7 Å². The Balaban J connectivity index is 0.000000232. The predicted molar refractivity (Wildman–Crippen MR) is 72.1 cm³/mol. The number of urea groups is 1. The lowest BCUT2D eigenvalue weighted by Gasteiger charge is -2.21. The minimum atomic E-state index is -0.602. The summed E-state index contributed by atoms with van der Waals surface area (Å²) >= 11 is 3.42. The van der Waals surface area contributed by atoms with Gasteiger partial charge in [0, 0.05) is 6.20 Å². The van der Waals surface area contributed by atoms with E-state index in [0.29, 0.717) is 6.04 Å². The highest BCUT2D eigenvalue weighted by molar-refractivity contribution is 9.10. The summed E-state index contributed by atoms with van der Waals surface area (Å²) in [6.45, 7) is 0. The van der Waals surface area contributed by atoms with E-state index in [1.807, 2.05) is 6.20 Å². The molecular weight excluding hydrogens is 300 g/mol. The average Bonchev–Trinajstić information content (AvgIpc) is 2.86. The number of hydrogen-bond donors (Lipinski definition) is 4. The summed E-state index contributed by atoms with van der Waals surface area (Å²) in [5, 5.41) is 4.31. The molecule has 0 aliphatic heterocycles. The number of aromatic nitrogens is 2. The van der Waals surface area contributed by atoms with Gasteiger partial charge in [-0.25, -0.2) is 16.5 Å². The van der Waals surface area contributed by atoms with Crippen LogP contribution in [0.25, 0.3) is 0 Å². The van der Waals surface area contributed by atoms with Crippen LogP contribution in [0.15, 0.2) is 16.9 Å². The molecule has 0 radical (unpaired) electrons. The Morgan fingerprint density at radius 2 is 1.94 bits per heavy atom. The van der Waals surface area contributed by atoms with Crippen molar-refractivity contribution in [3.63, 3.8) is 0 Å². The van der Waals surface area contributed by atoms with E-state index < -0.39 is 6.03 Å². The molecule has 0 saturated heterocycles. The molecule has 1 fully saturated rings. The highest BCUT2D eigenvalue weighted by atomic mass is 79.9. The summed E-state index contributed by atoms with van der Waals surface area (Å²) in [5.41, 5.74) is 3.48. The highest BCUT2D eigenvalue weighted by Crippen LogP contribution is 2.27. The quantitative estimate of drug-likeness (QED) is 0.354. The Morgan fingerprint density at radius 1 is 1.33 bits per heavy atom. The van der Waals surface area contributed by atoms with Gasteiger partial charge in [-0.3, -0.25) is 15.5 Å². The van der Waals surface area contributed by atoms with Gasteiger partial charge in [-0.1, -0.05) is 19.3 Å². The van der Waals surface area contributed by atoms with Crippen LogP contribution in [0.4, 0.5) is 4.79 Å². The number of halogens is 1. The molecule has 18 heavy (non-hydrogen) atoms. The van der Waals surface area contributed by atoms with Gasteiger partial charge in [0.25, 0.3) is 0 Å². The van der Waals surface area contributed by atoms with E-state index in [1.54, 1.807) is 10.9 Å². The van der Waals surface area contributed by atoms with E-state index in [1.165, 1.54) is 32.1 Å². The van der Waals surface area contributed by atoms with Crippen LogP contribution in [-0.2, 0) is 0 Å². The maximum Gasteiger partial charge on any atom is 0.343 e. The lowest BCUT2D eigenvalue weighted by atomic mass is 9.96. The fourth-order valence-electron chi connectivity index (χ4n) is 1.90. The molecule has 2 rings (SSSR count). The van der Waals surface area contributed by atoms with Gasteiger partial charge in [0.1, 0.15) is 0 Å². The molecule has 1 aromatic heterocycles. The smallest absolute Gasteiger partial charge is 0.275 e. The summed E-state index contributed by atoms with van der Waals surface area (Å²) in [7, 11) is 0. The van der Waals surface area contributed by atoms with Crippen molar-refractivity contribution in [1.29, 1.82) is 0 Å². The Hall–Kier alpha value is -1.12. The molecule has 0 spiro atoms. The van der Waals surface area contributed by atoms with Crippen LogP contribution >= 0.6 is 15.9 Å². The Bertz CT molecular complexity index is 357. The van der Waals surface area contributed by atoms with Crippen LogP contribution < -0.4 is 22.5 Å². The average molecular weight is 319 g/mol. The van der Waals surface area contributed by atoms with Crippen molar-refractivity contribution < 1.29 is 4.79 Å². The zero-order chi connectivity index (χ0) is 13.4. The predicted octanol–water partition coefficient (Wildman–Crippen LogP) is 1.18. The lowest BCUT2D eigenvalue weighted by molar-refractivity contribution is 0.241. The van der Waals surface area contributed by atoms with Gasteiger partial charge < -0.3 is 0 Å². The molecule has 0 bridgehead atoms. The third kappa shape index (κ3) is 5.03. The largest absolute Gasteiger partial charge is 0.343 e. The first-order valence-electron chi connectivity index (χ1n) is 5.84. The molecule has 1 saturated carbocycles. The third-order valence-corrected chi connectivity index (χ3v) is 3.19. The second-order valence-corrected chi connectivity index (χ2v) is 4.96. The van der Waals surface area contributed by atoms with Gasteiger partial charge in [0.05, 0.1) is 16.7 Å². The van der Waals surface area contributed by atoms with Crippen molar-refractivity contribution in [2.75, 3.05) is 0 Å². The minimum Gasteiger partial charge on any atom is -0.275 e. The maximum absolute atomic E-state index is 9.71. The van der Waals surface area contributed by atoms with Crippen molar-refractivity contribution in [1.82, 2.24) is 20.6 Å². The Morgan fingerprint density at radius 3 is 2.33 bits per heavy atom. The van der Waals surface area contributed by atoms with Crippen LogP contribution in [0.1, 0.15) is 38.1 Å². The summed E-state index contributed by atoms with van der Waals surface area (Å²) in [4.78, 5) is 9.71. The lowest BCUT2D eigenvalue weighted by Crippen LogP contribution is -2.43. The first-order chi connectivity index (χ1) is 8.67. The molecule has 1 heterocycles. The van der Waals surface area contributed by atoms with E-state index in [2.05, 4.69) is 43.6 Å². The van der Waals surface area contributed by atoms with Gasteiger partial charge in [0.15, 0.2) is 0 Å². The molecule has 1 aliphatic carbocycles. The molecule has 1 aliphatic rings. The van der Waals surface area contributed by atoms with E-state index in [0.717, 1.165) is 4.47 Å². The van der Waals surface area contributed by atoms with E-state index in [4.69, 9.17) is 0 Å². The molecule has 102 valence electrons. The molecule has 2 amide bonds. The molecule has 6 N–H and O–H groups in total. The summed E-state index contributed by atoms with van der Waals surface area (Å²) in [6.07, 6.45) is 10.7. The highest BCUT2D eigenvalue weighted by Gasteiger charge is 2.15. The SMILES string of the molecule is Brc1cnn(C2CCCCC2)c1.NNC(=O)NN.